The molecule has 5 nitrogen and oxygen atoms in total. The monoisotopic (exact) mass is 399 g/mol. The molecule has 0 fully saturated rings. The van der Waals surface area contributed by atoms with E-state index >= 15 is 0 Å². The third-order valence-corrected chi connectivity index (χ3v) is 4.03. The number of pyridine rings is 1. The van der Waals surface area contributed by atoms with Crippen molar-refractivity contribution >= 4 is 34.8 Å². The number of carbonyl (C=O) groups is 1. The standard InChI is InChI=1S/C20H15Cl2N3O2/c21-15-9-10-18(16(22)12-15)27-13-19(26)24-25-20(14-6-2-1-3-7-14)17-8-4-5-11-23-17/h1-12H,13H2,(H,24,26). The summed E-state index contributed by atoms with van der Waals surface area (Å²) in [7, 11) is 0. The first-order valence-corrected chi connectivity index (χ1v) is 8.80. The molecular weight excluding hydrogens is 385 g/mol. The van der Waals surface area contributed by atoms with Crippen molar-refractivity contribution in [1.29, 1.82) is 0 Å². The number of carbonyl (C=O) groups excluding carboxylic acids is 1. The van der Waals surface area contributed by atoms with E-state index in [0.717, 1.165) is 5.56 Å². The highest BCUT2D eigenvalue weighted by Gasteiger charge is 2.10. The highest BCUT2D eigenvalue weighted by molar-refractivity contribution is 6.35. The molecule has 0 saturated carbocycles. The minimum atomic E-state index is -0.426. The van der Waals surface area contributed by atoms with Crippen LogP contribution in [-0.4, -0.2) is 23.2 Å². The zero-order valence-corrected chi connectivity index (χ0v) is 15.6. The maximum atomic E-state index is 12.1. The van der Waals surface area contributed by atoms with Gasteiger partial charge in [0.1, 0.15) is 11.5 Å². The van der Waals surface area contributed by atoms with Gasteiger partial charge in [-0.25, -0.2) is 5.43 Å². The average Bonchev–Trinajstić information content (AvgIpc) is 2.69. The fraction of sp³-hybridized carbons (Fsp3) is 0.0500. The fourth-order valence-corrected chi connectivity index (χ4v) is 2.72. The Morgan fingerprint density at radius 3 is 2.52 bits per heavy atom. The number of amides is 1. The summed E-state index contributed by atoms with van der Waals surface area (Å²) < 4.78 is 5.41. The number of hydrazone groups is 1. The molecule has 0 spiro atoms. The molecule has 0 aliphatic carbocycles. The third-order valence-electron chi connectivity index (χ3n) is 3.50. The van der Waals surface area contributed by atoms with Crippen molar-refractivity contribution in [1.82, 2.24) is 10.4 Å². The molecule has 1 N–H and O–H groups in total. The number of ether oxygens (including phenoxy) is 1. The number of nitrogens with one attached hydrogen (secondary N) is 1. The molecule has 3 aromatic rings. The molecule has 0 aliphatic rings. The summed E-state index contributed by atoms with van der Waals surface area (Å²) >= 11 is 11.9. The van der Waals surface area contributed by atoms with E-state index in [9.17, 15) is 4.79 Å². The molecule has 136 valence electrons. The van der Waals surface area contributed by atoms with Crippen LogP contribution >= 0.6 is 23.2 Å². The molecule has 1 aromatic heterocycles. The Morgan fingerprint density at radius 1 is 1.04 bits per heavy atom. The number of hydrogen-bond acceptors (Lipinski definition) is 4. The lowest BCUT2D eigenvalue weighted by Gasteiger charge is -2.09. The smallest absolute Gasteiger partial charge is 0.277 e. The van der Waals surface area contributed by atoms with Crippen LogP contribution in [0.5, 0.6) is 5.75 Å². The van der Waals surface area contributed by atoms with Gasteiger partial charge >= 0.3 is 0 Å². The molecule has 7 heteroatoms. The number of nitrogens with zero attached hydrogens (tertiary/aromatic N) is 2. The molecule has 0 atom stereocenters. The SMILES string of the molecule is O=C(COc1ccc(Cl)cc1Cl)NN=C(c1ccccc1)c1ccccn1. The van der Waals surface area contributed by atoms with Crippen LogP contribution in [0.2, 0.25) is 10.0 Å². The van der Waals surface area contributed by atoms with Crippen LogP contribution in [0, 0.1) is 0 Å². The van der Waals surface area contributed by atoms with Crippen molar-refractivity contribution in [3.63, 3.8) is 0 Å². The summed E-state index contributed by atoms with van der Waals surface area (Å²) in [5.41, 5.74) is 4.52. The predicted molar refractivity (Wildman–Crippen MR) is 106 cm³/mol. The van der Waals surface area contributed by atoms with Gasteiger partial charge in [0.15, 0.2) is 6.61 Å². The lowest BCUT2D eigenvalue weighted by Crippen LogP contribution is -2.26. The van der Waals surface area contributed by atoms with E-state index in [1.54, 1.807) is 24.4 Å². The molecule has 1 amide bonds. The quantitative estimate of drug-likeness (QED) is 0.495. The van der Waals surface area contributed by atoms with Crippen LogP contribution in [0.25, 0.3) is 0 Å². The Kier molecular flexibility index (Phi) is 6.41. The first-order chi connectivity index (χ1) is 13.1. The summed E-state index contributed by atoms with van der Waals surface area (Å²) in [5, 5.41) is 5.05. The van der Waals surface area contributed by atoms with Crippen molar-refractivity contribution in [2.75, 3.05) is 6.61 Å². The van der Waals surface area contributed by atoms with Crippen LogP contribution in [0.4, 0.5) is 0 Å². The number of rotatable bonds is 6. The molecule has 0 saturated heterocycles. The molecular formula is C20H15Cl2N3O2. The molecule has 3 rings (SSSR count). The second kappa shape index (κ2) is 9.16. The fourth-order valence-electron chi connectivity index (χ4n) is 2.25. The minimum absolute atomic E-state index is 0.241. The third kappa shape index (κ3) is 5.29. The van der Waals surface area contributed by atoms with Gasteiger partial charge in [0, 0.05) is 16.8 Å². The topological polar surface area (TPSA) is 63.6 Å². The highest BCUT2D eigenvalue weighted by atomic mass is 35.5. The molecule has 0 bridgehead atoms. The van der Waals surface area contributed by atoms with Crippen LogP contribution in [0.3, 0.4) is 0 Å². The number of halogens is 2. The zero-order valence-electron chi connectivity index (χ0n) is 14.1. The summed E-state index contributed by atoms with van der Waals surface area (Å²) in [6.07, 6.45) is 1.67. The van der Waals surface area contributed by atoms with Gasteiger partial charge in [-0.15, -0.1) is 0 Å². The highest BCUT2D eigenvalue weighted by Crippen LogP contribution is 2.27. The van der Waals surface area contributed by atoms with Crippen LogP contribution in [-0.2, 0) is 4.79 Å². The van der Waals surface area contributed by atoms with Gasteiger partial charge in [-0.05, 0) is 30.3 Å². The van der Waals surface area contributed by atoms with Gasteiger partial charge in [-0.1, -0.05) is 59.6 Å². The molecule has 2 aromatic carbocycles. The summed E-state index contributed by atoms with van der Waals surface area (Å²) in [6, 6.07) is 19.7. The molecule has 0 unspecified atom stereocenters. The molecule has 1 heterocycles. The second-order valence-corrected chi connectivity index (χ2v) is 6.28. The normalized spacial score (nSPS) is 11.1. The summed E-state index contributed by atoms with van der Waals surface area (Å²) in [5.74, 6) is -0.0569. The van der Waals surface area contributed by atoms with E-state index in [-0.39, 0.29) is 6.61 Å². The van der Waals surface area contributed by atoms with Crippen LogP contribution in [0.15, 0.2) is 78.0 Å². The van der Waals surface area contributed by atoms with E-state index in [0.29, 0.717) is 27.2 Å². The van der Waals surface area contributed by atoms with Gasteiger partial charge in [0.05, 0.1) is 10.7 Å². The maximum absolute atomic E-state index is 12.1. The van der Waals surface area contributed by atoms with E-state index in [4.69, 9.17) is 27.9 Å². The van der Waals surface area contributed by atoms with Crippen LogP contribution in [0.1, 0.15) is 11.3 Å². The minimum Gasteiger partial charge on any atom is -0.482 e. The van der Waals surface area contributed by atoms with E-state index in [1.807, 2.05) is 48.5 Å². The number of benzene rings is 2. The first-order valence-electron chi connectivity index (χ1n) is 8.04. The van der Waals surface area contributed by atoms with Crippen molar-refractivity contribution < 1.29 is 9.53 Å². The van der Waals surface area contributed by atoms with Crippen molar-refractivity contribution in [2.24, 2.45) is 5.10 Å². The van der Waals surface area contributed by atoms with Crippen molar-refractivity contribution in [2.45, 2.75) is 0 Å². The van der Waals surface area contributed by atoms with Gasteiger partial charge in [0.25, 0.3) is 5.91 Å². The second-order valence-electron chi connectivity index (χ2n) is 5.44. The largest absolute Gasteiger partial charge is 0.482 e. The Labute approximate surface area is 166 Å². The Morgan fingerprint density at radius 2 is 1.81 bits per heavy atom. The van der Waals surface area contributed by atoms with Gasteiger partial charge < -0.3 is 4.74 Å². The maximum Gasteiger partial charge on any atom is 0.277 e. The van der Waals surface area contributed by atoms with Crippen molar-refractivity contribution in [3.8, 4) is 5.75 Å². The summed E-state index contributed by atoms with van der Waals surface area (Å²) in [6.45, 7) is -0.241. The van der Waals surface area contributed by atoms with Gasteiger partial charge in [-0.3, -0.25) is 9.78 Å². The van der Waals surface area contributed by atoms with E-state index in [1.165, 1.54) is 0 Å². The predicted octanol–water partition coefficient (Wildman–Crippen LogP) is 4.34. The molecule has 0 aliphatic heterocycles. The Balaban J connectivity index is 1.71. The van der Waals surface area contributed by atoms with Crippen molar-refractivity contribution in [3.05, 3.63) is 94.2 Å². The lowest BCUT2D eigenvalue weighted by atomic mass is 10.1. The van der Waals surface area contributed by atoms with Gasteiger partial charge in [-0.2, -0.15) is 5.10 Å². The number of aromatic nitrogens is 1. The molecule has 0 radical (unpaired) electrons. The summed E-state index contributed by atoms with van der Waals surface area (Å²) in [4.78, 5) is 16.4. The Hall–Kier alpha value is -2.89. The van der Waals surface area contributed by atoms with E-state index in [2.05, 4.69) is 15.5 Å². The first kappa shape index (κ1) is 18.9. The molecule has 27 heavy (non-hydrogen) atoms. The number of hydrogen-bond donors (Lipinski definition) is 1. The zero-order chi connectivity index (χ0) is 19.1. The average molecular weight is 400 g/mol. The van der Waals surface area contributed by atoms with Crippen LogP contribution < -0.4 is 10.2 Å². The van der Waals surface area contributed by atoms with E-state index < -0.39 is 5.91 Å². The Bertz CT molecular complexity index is 906. The van der Waals surface area contributed by atoms with Gasteiger partial charge in [0.2, 0.25) is 0 Å². The lowest BCUT2D eigenvalue weighted by molar-refractivity contribution is -0.123.